The van der Waals surface area contributed by atoms with Gasteiger partial charge in [0.25, 0.3) is 0 Å². The smallest absolute Gasteiger partial charge is 0.229 e. The van der Waals surface area contributed by atoms with Crippen LogP contribution < -0.4 is 0 Å². The van der Waals surface area contributed by atoms with Crippen molar-refractivity contribution >= 4 is 12.2 Å². The Morgan fingerprint density at radius 2 is 2.29 bits per heavy atom. The highest BCUT2D eigenvalue weighted by Crippen LogP contribution is 2.50. The molecule has 1 aliphatic heterocycles. The summed E-state index contributed by atoms with van der Waals surface area (Å²) in [5.41, 5.74) is -0.0778. The molecular formula is C11H17NO2. The molecule has 0 aromatic rings. The minimum Gasteiger partial charge on any atom is -0.332 e. The van der Waals surface area contributed by atoms with Gasteiger partial charge in [-0.2, -0.15) is 0 Å². The highest BCUT2D eigenvalue weighted by Gasteiger charge is 2.51. The number of hydrogen-bond acceptors (Lipinski definition) is 2. The van der Waals surface area contributed by atoms with Crippen molar-refractivity contribution in [3.05, 3.63) is 0 Å². The van der Waals surface area contributed by atoms with E-state index in [0.717, 1.165) is 44.9 Å². The van der Waals surface area contributed by atoms with Crippen molar-refractivity contribution in [2.24, 2.45) is 5.41 Å². The standard InChI is InChI=1S/C11H17NO2/c1-2-11(5-6-11)10(14)12-7-3-4-9(12)8-13/h8-9H,2-7H2,1H3. The summed E-state index contributed by atoms with van der Waals surface area (Å²) < 4.78 is 0. The molecule has 14 heavy (non-hydrogen) atoms. The average Bonchev–Trinajstić information content (AvgIpc) is 2.87. The summed E-state index contributed by atoms with van der Waals surface area (Å²) in [5.74, 6) is 0.231. The van der Waals surface area contributed by atoms with Gasteiger partial charge in [0.15, 0.2) is 0 Å². The number of amides is 1. The number of carbonyl (C=O) groups excluding carboxylic acids is 2. The van der Waals surface area contributed by atoms with Crippen LogP contribution in [0.15, 0.2) is 0 Å². The summed E-state index contributed by atoms with van der Waals surface area (Å²) in [5, 5.41) is 0. The molecule has 1 aliphatic carbocycles. The lowest BCUT2D eigenvalue weighted by molar-refractivity contribution is -0.139. The zero-order valence-corrected chi connectivity index (χ0v) is 8.66. The largest absolute Gasteiger partial charge is 0.332 e. The highest BCUT2D eigenvalue weighted by molar-refractivity contribution is 5.87. The number of nitrogens with zero attached hydrogens (tertiary/aromatic N) is 1. The van der Waals surface area contributed by atoms with Crippen LogP contribution >= 0.6 is 0 Å². The summed E-state index contributed by atoms with van der Waals surface area (Å²) in [6, 6.07) is -0.133. The fourth-order valence-electron chi connectivity index (χ4n) is 2.36. The zero-order chi connectivity index (χ0) is 10.2. The van der Waals surface area contributed by atoms with Crippen LogP contribution in [0.5, 0.6) is 0 Å². The molecule has 2 fully saturated rings. The Hall–Kier alpha value is -0.860. The molecule has 1 unspecified atom stereocenters. The van der Waals surface area contributed by atoms with Crippen molar-refractivity contribution in [3.8, 4) is 0 Å². The molecule has 0 radical (unpaired) electrons. The predicted octanol–water partition coefficient (Wildman–Crippen LogP) is 1.37. The third-order valence-corrected chi connectivity index (χ3v) is 3.70. The molecule has 1 saturated heterocycles. The monoisotopic (exact) mass is 195 g/mol. The van der Waals surface area contributed by atoms with Crippen LogP contribution in [0.4, 0.5) is 0 Å². The maximum Gasteiger partial charge on any atom is 0.229 e. The van der Waals surface area contributed by atoms with Crippen LogP contribution in [-0.4, -0.2) is 29.7 Å². The quantitative estimate of drug-likeness (QED) is 0.638. The normalized spacial score (nSPS) is 28.9. The van der Waals surface area contributed by atoms with Gasteiger partial charge in [-0.3, -0.25) is 4.79 Å². The van der Waals surface area contributed by atoms with Gasteiger partial charge in [0.05, 0.1) is 6.04 Å². The zero-order valence-electron chi connectivity index (χ0n) is 8.66. The van der Waals surface area contributed by atoms with Gasteiger partial charge in [-0.05, 0) is 32.1 Å². The highest BCUT2D eigenvalue weighted by atomic mass is 16.2. The van der Waals surface area contributed by atoms with Crippen LogP contribution in [0, 0.1) is 5.41 Å². The van der Waals surface area contributed by atoms with E-state index in [4.69, 9.17) is 0 Å². The fraction of sp³-hybridized carbons (Fsp3) is 0.818. The number of likely N-dealkylation sites (tertiary alicyclic amines) is 1. The van der Waals surface area contributed by atoms with Crippen LogP contribution in [0.1, 0.15) is 39.0 Å². The Kier molecular flexibility index (Phi) is 2.33. The van der Waals surface area contributed by atoms with Gasteiger partial charge in [-0.25, -0.2) is 0 Å². The molecule has 2 aliphatic rings. The summed E-state index contributed by atoms with van der Waals surface area (Å²) >= 11 is 0. The van der Waals surface area contributed by atoms with E-state index in [9.17, 15) is 9.59 Å². The first kappa shape index (κ1) is 9.69. The van der Waals surface area contributed by atoms with E-state index in [1.54, 1.807) is 4.90 Å². The second-order valence-corrected chi connectivity index (χ2v) is 4.48. The van der Waals surface area contributed by atoms with E-state index >= 15 is 0 Å². The molecule has 1 heterocycles. The molecule has 78 valence electrons. The summed E-state index contributed by atoms with van der Waals surface area (Å²) in [7, 11) is 0. The van der Waals surface area contributed by atoms with Crippen LogP contribution in [-0.2, 0) is 9.59 Å². The Morgan fingerprint density at radius 3 is 2.79 bits per heavy atom. The van der Waals surface area contributed by atoms with Gasteiger partial charge in [0.2, 0.25) is 5.91 Å². The van der Waals surface area contributed by atoms with Crippen molar-refractivity contribution in [2.75, 3.05) is 6.54 Å². The minimum atomic E-state index is -0.133. The van der Waals surface area contributed by atoms with Crippen molar-refractivity contribution in [3.63, 3.8) is 0 Å². The minimum absolute atomic E-state index is 0.0778. The SMILES string of the molecule is CCC1(C(=O)N2CCCC2C=O)CC1. The molecule has 0 spiro atoms. The molecule has 0 bridgehead atoms. The van der Waals surface area contributed by atoms with E-state index in [2.05, 4.69) is 6.92 Å². The predicted molar refractivity (Wildman–Crippen MR) is 52.8 cm³/mol. The lowest BCUT2D eigenvalue weighted by Gasteiger charge is -2.25. The third-order valence-electron chi connectivity index (χ3n) is 3.70. The fourth-order valence-corrected chi connectivity index (χ4v) is 2.36. The van der Waals surface area contributed by atoms with Crippen LogP contribution in [0.2, 0.25) is 0 Å². The first-order valence-corrected chi connectivity index (χ1v) is 5.50. The second-order valence-electron chi connectivity index (χ2n) is 4.48. The molecular weight excluding hydrogens is 178 g/mol. The molecule has 0 N–H and O–H groups in total. The Balaban J connectivity index is 2.07. The van der Waals surface area contributed by atoms with E-state index in [1.807, 2.05) is 0 Å². The molecule has 2 rings (SSSR count). The molecule has 1 amide bonds. The number of carbonyl (C=O) groups is 2. The van der Waals surface area contributed by atoms with Crippen LogP contribution in [0.25, 0.3) is 0 Å². The average molecular weight is 195 g/mol. The first-order valence-electron chi connectivity index (χ1n) is 5.50. The third kappa shape index (κ3) is 1.35. The maximum atomic E-state index is 12.1. The number of hydrogen-bond donors (Lipinski definition) is 0. The Morgan fingerprint density at radius 1 is 1.57 bits per heavy atom. The topological polar surface area (TPSA) is 37.4 Å². The lowest BCUT2D eigenvalue weighted by Crippen LogP contribution is -2.41. The van der Waals surface area contributed by atoms with Crippen molar-refractivity contribution in [1.82, 2.24) is 4.90 Å². The van der Waals surface area contributed by atoms with Gasteiger partial charge >= 0.3 is 0 Å². The van der Waals surface area contributed by atoms with E-state index in [-0.39, 0.29) is 17.4 Å². The molecule has 3 heteroatoms. The number of aldehydes is 1. The molecule has 1 atom stereocenters. The summed E-state index contributed by atoms with van der Waals surface area (Å²) in [6.45, 7) is 2.85. The molecule has 0 aromatic carbocycles. The molecule has 1 saturated carbocycles. The van der Waals surface area contributed by atoms with Crippen molar-refractivity contribution in [1.29, 1.82) is 0 Å². The summed E-state index contributed by atoms with van der Waals surface area (Å²) in [6.07, 6.45) is 5.73. The first-order chi connectivity index (χ1) is 6.73. The van der Waals surface area contributed by atoms with Gasteiger partial charge in [0, 0.05) is 12.0 Å². The molecule has 0 aromatic heterocycles. The van der Waals surface area contributed by atoms with Crippen molar-refractivity contribution in [2.45, 2.75) is 45.1 Å². The van der Waals surface area contributed by atoms with Gasteiger partial charge < -0.3 is 9.69 Å². The second kappa shape index (κ2) is 3.37. The van der Waals surface area contributed by atoms with E-state index in [0.29, 0.717) is 0 Å². The van der Waals surface area contributed by atoms with Gasteiger partial charge in [-0.15, -0.1) is 0 Å². The summed E-state index contributed by atoms with van der Waals surface area (Å²) in [4.78, 5) is 24.7. The van der Waals surface area contributed by atoms with E-state index < -0.39 is 0 Å². The van der Waals surface area contributed by atoms with Crippen molar-refractivity contribution < 1.29 is 9.59 Å². The number of rotatable bonds is 3. The van der Waals surface area contributed by atoms with Gasteiger partial charge in [-0.1, -0.05) is 6.92 Å². The van der Waals surface area contributed by atoms with Crippen LogP contribution in [0.3, 0.4) is 0 Å². The van der Waals surface area contributed by atoms with E-state index in [1.165, 1.54) is 0 Å². The Labute approximate surface area is 84.5 Å². The van der Waals surface area contributed by atoms with Gasteiger partial charge in [0.1, 0.15) is 6.29 Å². The maximum absolute atomic E-state index is 12.1. The Bertz CT molecular complexity index is 258. The molecule has 3 nitrogen and oxygen atoms in total. The lowest BCUT2D eigenvalue weighted by atomic mass is 10.0.